The third-order valence-corrected chi connectivity index (χ3v) is 4.13. The maximum absolute atomic E-state index is 11.9. The van der Waals surface area contributed by atoms with Crippen LogP contribution in [-0.4, -0.2) is 43.8 Å². The molecule has 7 heteroatoms. The lowest BCUT2D eigenvalue weighted by molar-refractivity contribution is -0.140. The van der Waals surface area contributed by atoms with Crippen LogP contribution in [0.2, 0.25) is 0 Å². The van der Waals surface area contributed by atoms with Gasteiger partial charge in [0.1, 0.15) is 6.04 Å². The standard InChI is InChI=1S/C15H22N2O5/c1-10(15(21)22)17-11(9-18)7-13(19)14(20)12(17)8-16-5-3-2-4-6-16/h7,10,18,20H,2-6,8-9H2,1H3,(H,21,22). The van der Waals surface area contributed by atoms with Crippen LogP contribution in [0.4, 0.5) is 0 Å². The SMILES string of the molecule is CC(C(=O)O)n1c(CO)cc(=O)c(O)c1CN1CCCCC1. The van der Waals surface area contributed by atoms with Gasteiger partial charge in [-0.1, -0.05) is 6.42 Å². The van der Waals surface area contributed by atoms with Crippen LogP contribution >= 0.6 is 0 Å². The molecule has 1 aliphatic heterocycles. The Bertz CT molecular complexity index is 605. The van der Waals surface area contributed by atoms with Gasteiger partial charge < -0.3 is 19.9 Å². The van der Waals surface area contributed by atoms with E-state index in [0.29, 0.717) is 6.54 Å². The molecule has 0 bridgehead atoms. The molecule has 1 atom stereocenters. The summed E-state index contributed by atoms with van der Waals surface area (Å²) in [5.74, 6) is -1.52. The molecule has 0 amide bonds. The van der Waals surface area contributed by atoms with Crippen LogP contribution in [0.5, 0.6) is 5.75 Å². The summed E-state index contributed by atoms with van der Waals surface area (Å²) >= 11 is 0. The number of rotatable bonds is 5. The Hall–Kier alpha value is -1.86. The van der Waals surface area contributed by atoms with Crippen LogP contribution in [-0.2, 0) is 17.9 Å². The monoisotopic (exact) mass is 310 g/mol. The van der Waals surface area contributed by atoms with Crippen LogP contribution < -0.4 is 5.43 Å². The lowest BCUT2D eigenvalue weighted by atomic mass is 10.1. The van der Waals surface area contributed by atoms with Crippen molar-refractivity contribution in [3.8, 4) is 5.75 Å². The molecule has 1 aromatic rings. The molecule has 1 aliphatic rings. The Morgan fingerprint density at radius 1 is 1.32 bits per heavy atom. The smallest absolute Gasteiger partial charge is 0.326 e. The molecule has 2 heterocycles. The van der Waals surface area contributed by atoms with E-state index in [2.05, 4.69) is 4.90 Å². The normalized spacial score (nSPS) is 17.4. The first-order valence-corrected chi connectivity index (χ1v) is 7.48. The van der Waals surface area contributed by atoms with E-state index in [9.17, 15) is 24.9 Å². The number of likely N-dealkylation sites (tertiary alicyclic amines) is 1. The molecule has 1 aromatic heterocycles. The Labute approximate surface area is 128 Å². The number of hydrogen-bond donors (Lipinski definition) is 3. The van der Waals surface area contributed by atoms with Gasteiger partial charge in [0.25, 0.3) is 0 Å². The fraction of sp³-hybridized carbons (Fsp3) is 0.600. The maximum atomic E-state index is 11.9. The summed E-state index contributed by atoms with van der Waals surface area (Å²) in [5.41, 5.74) is -0.136. The van der Waals surface area contributed by atoms with Crippen molar-refractivity contribution in [3.63, 3.8) is 0 Å². The van der Waals surface area contributed by atoms with Gasteiger partial charge >= 0.3 is 5.97 Å². The van der Waals surface area contributed by atoms with Crippen LogP contribution in [0.25, 0.3) is 0 Å². The number of pyridine rings is 1. The maximum Gasteiger partial charge on any atom is 0.326 e. The molecule has 122 valence electrons. The number of carbonyl (C=O) groups is 1. The molecule has 0 spiro atoms. The summed E-state index contributed by atoms with van der Waals surface area (Å²) < 4.78 is 1.35. The summed E-state index contributed by atoms with van der Waals surface area (Å²) in [6, 6.07) is 0.113. The minimum atomic E-state index is -1.09. The van der Waals surface area contributed by atoms with Gasteiger partial charge in [0, 0.05) is 18.3 Å². The van der Waals surface area contributed by atoms with Crippen molar-refractivity contribution in [1.82, 2.24) is 9.47 Å². The van der Waals surface area contributed by atoms with Crippen LogP contribution in [0.3, 0.4) is 0 Å². The zero-order chi connectivity index (χ0) is 16.3. The largest absolute Gasteiger partial charge is 0.503 e. The number of aromatic nitrogens is 1. The van der Waals surface area contributed by atoms with Crippen LogP contribution in [0, 0.1) is 0 Å². The minimum absolute atomic E-state index is 0.199. The van der Waals surface area contributed by atoms with Gasteiger partial charge in [-0.15, -0.1) is 0 Å². The second-order valence-electron chi connectivity index (χ2n) is 5.67. The van der Waals surface area contributed by atoms with E-state index in [1.165, 1.54) is 11.5 Å². The highest BCUT2D eigenvalue weighted by Gasteiger charge is 2.24. The van der Waals surface area contributed by atoms with Gasteiger partial charge in [-0.3, -0.25) is 9.69 Å². The van der Waals surface area contributed by atoms with Crippen molar-refractivity contribution >= 4 is 5.97 Å². The number of piperidine rings is 1. The first-order chi connectivity index (χ1) is 10.5. The van der Waals surface area contributed by atoms with E-state index in [4.69, 9.17) is 0 Å². The third-order valence-electron chi connectivity index (χ3n) is 4.13. The van der Waals surface area contributed by atoms with E-state index < -0.39 is 29.8 Å². The number of aliphatic hydroxyl groups is 1. The van der Waals surface area contributed by atoms with Crippen molar-refractivity contribution in [3.05, 3.63) is 27.7 Å². The summed E-state index contributed by atoms with van der Waals surface area (Å²) in [4.78, 5) is 25.3. The number of aromatic hydroxyl groups is 1. The zero-order valence-corrected chi connectivity index (χ0v) is 12.7. The van der Waals surface area contributed by atoms with E-state index in [-0.39, 0.29) is 11.4 Å². The van der Waals surface area contributed by atoms with Gasteiger partial charge in [0.05, 0.1) is 12.3 Å². The number of carboxylic acid groups (broad SMARTS) is 1. The van der Waals surface area contributed by atoms with Gasteiger partial charge in [0.15, 0.2) is 5.75 Å². The Balaban J connectivity index is 2.50. The van der Waals surface area contributed by atoms with Gasteiger partial charge in [-0.05, 0) is 32.9 Å². The summed E-state index contributed by atoms with van der Waals surface area (Å²) in [7, 11) is 0. The second kappa shape index (κ2) is 6.93. The number of hydrogen-bond acceptors (Lipinski definition) is 5. The fourth-order valence-corrected chi connectivity index (χ4v) is 2.91. The average molecular weight is 310 g/mol. The van der Waals surface area contributed by atoms with Crippen molar-refractivity contribution in [2.75, 3.05) is 13.1 Å². The van der Waals surface area contributed by atoms with Gasteiger partial charge in [0.2, 0.25) is 5.43 Å². The lowest BCUT2D eigenvalue weighted by Gasteiger charge is -2.29. The molecule has 22 heavy (non-hydrogen) atoms. The molecule has 1 unspecified atom stereocenters. The van der Waals surface area contributed by atoms with E-state index in [1.807, 2.05) is 0 Å². The molecule has 1 saturated heterocycles. The summed E-state index contributed by atoms with van der Waals surface area (Å²) in [6.07, 6.45) is 3.23. The Morgan fingerprint density at radius 3 is 2.50 bits per heavy atom. The zero-order valence-electron chi connectivity index (χ0n) is 12.7. The molecule has 1 fully saturated rings. The molecule has 0 radical (unpaired) electrons. The van der Waals surface area contributed by atoms with Crippen LogP contribution in [0.1, 0.15) is 43.6 Å². The second-order valence-corrected chi connectivity index (χ2v) is 5.67. The predicted octanol–water partition coefficient (Wildman–Crippen LogP) is 0.678. The van der Waals surface area contributed by atoms with Crippen molar-refractivity contribution in [2.24, 2.45) is 0 Å². The highest BCUT2D eigenvalue weighted by molar-refractivity contribution is 5.71. The third kappa shape index (κ3) is 3.31. The fourth-order valence-electron chi connectivity index (χ4n) is 2.91. The molecule has 7 nitrogen and oxygen atoms in total. The minimum Gasteiger partial charge on any atom is -0.503 e. The highest BCUT2D eigenvalue weighted by Crippen LogP contribution is 2.23. The topological polar surface area (TPSA) is 103 Å². The molecule has 0 aromatic carbocycles. The first kappa shape index (κ1) is 16.5. The van der Waals surface area contributed by atoms with E-state index >= 15 is 0 Å². The Morgan fingerprint density at radius 2 is 1.95 bits per heavy atom. The molecule has 2 rings (SSSR count). The summed E-state index contributed by atoms with van der Waals surface area (Å²) in [6.45, 7) is 2.99. The predicted molar refractivity (Wildman–Crippen MR) is 79.8 cm³/mol. The van der Waals surface area contributed by atoms with Crippen LogP contribution in [0.15, 0.2) is 10.9 Å². The highest BCUT2D eigenvalue weighted by atomic mass is 16.4. The van der Waals surface area contributed by atoms with E-state index in [1.54, 1.807) is 0 Å². The number of nitrogens with zero attached hydrogens (tertiary/aromatic N) is 2. The Kier molecular flexibility index (Phi) is 5.20. The molecular weight excluding hydrogens is 288 g/mol. The average Bonchev–Trinajstić information content (AvgIpc) is 2.51. The number of aliphatic hydroxyl groups excluding tert-OH is 1. The number of carboxylic acids is 1. The molecular formula is C15H22N2O5. The van der Waals surface area contributed by atoms with Gasteiger partial charge in [-0.25, -0.2) is 4.79 Å². The lowest BCUT2D eigenvalue weighted by Crippen LogP contribution is -2.33. The summed E-state index contributed by atoms with van der Waals surface area (Å²) in [5, 5.41) is 28.8. The molecule has 0 saturated carbocycles. The van der Waals surface area contributed by atoms with Crippen molar-refractivity contribution < 1.29 is 20.1 Å². The van der Waals surface area contributed by atoms with Gasteiger partial charge in [-0.2, -0.15) is 0 Å². The van der Waals surface area contributed by atoms with E-state index in [0.717, 1.165) is 38.4 Å². The first-order valence-electron chi connectivity index (χ1n) is 7.48. The molecule has 3 N–H and O–H groups in total. The quantitative estimate of drug-likeness (QED) is 0.739. The van der Waals surface area contributed by atoms with Crippen molar-refractivity contribution in [2.45, 2.75) is 45.4 Å². The van der Waals surface area contributed by atoms with Crippen molar-refractivity contribution in [1.29, 1.82) is 0 Å². The molecule has 0 aliphatic carbocycles. The number of aliphatic carboxylic acids is 1.